The van der Waals surface area contributed by atoms with Gasteiger partial charge in [0.1, 0.15) is 24.4 Å². The standard InChI is InChI=1S/C18H29F10NO5/c1-10(2,33-17(25,26)12(5,6)32-15(21,22)9-31)13(7,29)16(23,24)18(27,28)34-11(3,4)14(19,20)8-30/h30-31H,8-9,29H2,1-7H3. The minimum Gasteiger partial charge on any atom is -0.390 e. The first-order valence-electron chi connectivity index (χ1n) is 9.49. The molecule has 34 heavy (non-hydrogen) atoms. The Hall–Kier alpha value is -0.940. The predicted molar refractivity (Wildman–Crippen MR) is 97.0 cm³/mol. The van der Waals surface area contributed by atoms with Gasteiger partial charge in [0.25, 0.3) is 5.92 Å². The summed E-state index contributed by atoms with van der Waals surface area (Å²) in [6, 6.07) is 0. The molecule has 0 heterocycles. The molecule has 0 aliphatic heterocycles. The second-order valence-corrected chi connectivity index (χ2v) is 9.31. The van der Waals surface area contributed by atoms with E-state index in [0.717, 1.165) is 0 Å². The average Bonchev–Trinajstić information content (AvgIpc) is 2.58. The van der Waals surface area contributed by atoms with Crippen LogP contribution in [0.4, 0.5) is 43.9 Å². The van der Waals surface area contributed by atoms with Crippen molar-refractivity contribution in [3.63, 3.8) is 0 Å². The second kappa shape index (κ2) is 9.18. The largest absolute Gasteiger partial charge is 0.422 e. The summed E-state index contributed by atoms with van der Waals surface area (Å²) in [5.41, 5.74) is -8.48. The van der Waals surface area contributed by atoms with Gasteiger partial charge in [-0.25, -0.2) is 8.78 Å². The van der Waals surface area contributed by atoms with Crippen LogP contribution in [0.3, 0.4) is 0 Å². The third-order valence-corrected chi connectivity index (χ3v) is 5.40. The zero-order valence-electron chi connectivity index (χ0n) is 19.4. The Morgan fingerprint density at radius 2 is 0.941 bits per heavy atom. The number of aliphatic hydroxyl groups is 2. The Morgan fingerprint density at radius 1 is 0.559 bits per heavy atom. The summed E-state index contributed by atoms with van der Waals surface area (Å²) in [6.07, 6.45) is -15.3. The van der Waals surface area contributed by atoms with Crippen LogP contribution in [0.5, 0.6) is 0 Å². The van der Waals surface area contributed by atoms with Gasteiger partial charge in [-0.05, 0) is 48.5 Å². The lowest BCUT2D eigenvalue weighted by Gasteiger charge is -2.50. The molecule has 0 saturated heterocycles. The highest BCUT2D eigenvalue weighted by molar-refractivity contribution is 5.11. The number of nitrogens with two attached hydrogens (primary N) is 1. The summed E-state index contributed by atoms with van der Waals surface area (Å²) < 4.78 is 154. The molecule has 0 radical (unpaired) electrons. The Labute approximate surface area is 189 Å². The third kappa shape index (κ3) is 6.06. The van der Waals surface area contributed by atoms with Crippen LogP contribution in [0.15, 0.2) is 0 Å². The van der Waals surface area contributed by atoms with Gasteiger partial charge in [-0.15, -0.1) is 0 Å². The van der Waals surface area contributed by atoms with E-state index in [1.807, 2.05) is 0 Å². The summed E-state index contributed by atoms with van der Waals surface area (Å²) >= 11 is 0. The van der Waals surface area contributed by atoms with Crippen LogP contribution in [-0.4, -0.2) is 75.9 Å². The monoisotopic (exact) mass is 529 g/mol. The number of ether oxygens (including phenoxy) is 3. The lowest BCUT2D eigenvalue weighted by Crippen LogP contribution is -2.75. The maximum atomic E-state index is 14.9. The molecule has 6 nitrogen and oxygen atoms in total. The zero-order chi connectivity index (χ0) is 28.0. The highest BCUT2D eigenvalue weighted by Crippen LogP contribution is 2.52. The van der Waals surface area contributed by atoms with Gasteiger partial charge in [-0.1, -0.05) is 0 Å². The van der Waals surface area contributed by atoms with Crippen molar-refractivity contribution in [2.45, 2.75) is 101 Å². The first-order chi connectivity index (χ1) is 14.5. The van der Waals surface area contributed by atoms with Crippen molar-refractivity contribution in [2.24, 2.45) is 5.73 Å². The lowest BCUT2D eigenvalue weighted by atomic mass is 9.78. The molecule has 0 fully saturated rings. The van der Waals surface area contributed by atoms with E-state index in [2.05, 4.69) is 14.2 Å². The van der Waals surface area contributed by atoms with E-state index in [1.165, 1.54) is 0 Å². The highest BCUT2D eigenvalue weighted by Gasteiger charge is 2.75. The molecule has 0 spiro atoms. The summed E-state index contributed by atoms with van der Waals surface area (Å²) in [4.78, 5) is 0. The van der Waals surface area contributed by atoms with Crippen molar-refractivity contribution in [3.05, 3.63) is 0 Å². The number of hydrogen-bond donors (Lipinski definition) is 3. The van der Waals surface area contributed by atoms with Crippen LogP contribution in [-0.2, 0) is 14.2 Å². The maximum Gasteiger partial charge on any atom is 0.422 e. The molecule has 0 bridgehead atoms. The third-order valence-electron chi connectivity index (χ3n) is 5.40. The fourth-order valence-electron chi connectivity index (χ4n) is 2.34. The molecule has 0 aromatic heterocycles. The molecular formula is C18H29F10NO5. The van der Waals surface area contributed by atoms with Gasteiger partial charge in [0.2, 0.25) is 0 Å². The van der Waals surface area contributed by atoms with E-state index in [1.54, 1.807) is 0 Å². The van der Waals surface area contributed by atoms with Crippen LogP contribution in [0.2, 0.25) is 0 Å². The normalized spacial score (nSPS) is 17.6. The molecule has 0 aromatic rings. The van der Waals surface area contributed by atoms with Crippen molar-refractivity contribution < 1.29 is 68.3 Å². The van der Waals surface area contributed by atoms with Gasteiger partial charge in [-0.2, -0.15) is 35.1 Å². The molecule has 206 valence electrons. The molecule has 0 saturated carbocycles. The molecule has 0 aromatic carbocycles. The fraction of sp³-hybridized carbons (Fsp3) is 1.00. The van der Waals surface area contributed by atoms with E-state index in [4.69, 9.17) is 15.9 Å². The second-order valence-electron chi connectivity index (χ2n) is 9.31. The van der Waals surface area contributed by atoms with Gasteiger partial charge < -0.3 is 30.2 Å². The van der Waals surface area contributed by atoms with Crippen LogP contribution in [0.1, 0.15) is 48.5 Å². The number of aliphatic hydroxyl groups excluding tert-OH is 2. The van der Waals surface area contributed by atoms with Crippen LogP contribution < -0.4 is 5.73 Å². The lowest BCUT2D eigenvalue weighted by molar-refractivity contribution is -0.442. The van der Waals surface area contributed by atoms with Crippen molar-refractivity contribution in [1.82, 2.24) is 0 Å². The molecule has 0 aliphatic carbocycles. The number of rotatable bonds is 13. The molecule has 0 aliphatic rings. The first kappa shape index (κ1) is 33.1. The summed E-state index contributed by atoms with van der Waals surface area (Å²) in [5.74, 6) is -10.2. The van der Waals surface area contributed by atoms with Crippen molar-refractivity contribution in [2.75, 3.05) is 13.2 Å². The minimum absolute atomic E-state index is 0.119. The molecule has 1 unspecified atom stereocenters. The zero-order valence-corrected chi connectivity index (χ0v) is 19.4. The molecule has 0 rings (SSSR count). The molecule has 1 atom stereocenters. The average molecular weight is 529 g/mol. The van der Waals surface area contributed by atoms with Crippen molar-refractivity contribution in [1.29, 1.82) is 0 Å². The Morgan fingerprint density at radius 3 is 1.29 bits per heavy atom. The molecule has 4 N–H and O–H groups in total. The molecular weight excluding hydrogens is 500 g/mol. The molecule has 0 amide bonds. The quantitative estimate of drug-likeness (QED) is 0.311. The molecule has 16 heteroatoms. The SMILES string of the molecule is CC(C)(OC(F)(F)C(F)(F)C(C)(N)C(C)(C)OC(F)(F)C(C)(C)OC(F)(F)CO)C(F)(F)CO. The smallest absolute Gasteiger partial charge is 0.390 e. The van der Waals surface area contributed by atoms with Gasteiger partial charge in [0, 0.05) is 0 Å². The fourth-order valence-corrected chi connectivity index (χ4v) is 2.34. The van der Waals surface area contributed by atoms with Crippen molar-refractivity contribution in [3.8, 4) is 0 Å². The summed E-state index contributed by atoms with van der Waals surface area (Å²) in [6.45, 7) is -2.02. The van der Waals surface area contributed by atoms with Gasteiger partial charge >= 0.3 is 24.2 Å². The predicted octanol–water partition coefficient (Wildman–Crippen LogP) is 4.12. The number of halogens is 10. The van der Waals surface area contributed by atoms with E-state index in [9.17, 15) is 43.9 Å². The van der Waals surface area contributed by atoms with E-state index < -0.39 is 65.7 Å². The van der Waals surface area contributed by atoms with Crippen LogP contribution in [0, 0.1) is 0 Å². The summed E-state index contributed by atoms with van der Waals surface area (Å²) in [7, 11) is 0. The van der Waals surface area contributed by atoms with Gasteiger partial charge in [0.15, 0.2) is 5.60 Å². The Bertz CT molecular complexity index is 711. The van der Waals surface area contributed by atoms with Crippen molar-refractivity contribution >= 4 is 0 Å². The number of hydrogen-bond acceptors (Lipinski definition) is 6. The van der Waals surface area contributed by atoms with Gasteiger partial charge in [0.05, 0.1) is 5.60 Å². The maximum absolute atomic E-state index is 14.9. The van der Waals surface area contributed by atoms with E-state index >= 15 is 0 Å². The first-order valence-corrected chi connectivity index (χ1v) is 9.49. The topological polar surface area (TPSA) is 94.2 Å². The minimum atomic E-state index is -5.84. The van der Waals surface area contributed by atoms with Crippen LogP contribution in [0.25, 0.3) is 0 Å². The number of alkyl halides is 10. The Kier molecular flexibility index (Phi) is 8.92. The van der Waals surface area contributed by atoms with E-state index in [0.29, 0.717) is 27.7 Å². The van der Waals surface area contributed by atoms with E-state index in [-0.39, 0.29) is 20.8 Å². The Balaban J connectivity index is 6.23. The highest BCUT2D eigenvalue weighted by atomic mass is 19.3. The van der Waals surface area contributed by atoms with Gasteiger partial charge in [-0.3, -0.25) is 0 Å². The van der Waals surface area contributed by atoms with Crippen LogP contribution >= 0.6 is 0 Å². The summed E-state index contributed by atoms with van der Waals surface area (Å²) in [5, 5.41) is 17.2.